The van der Waals surface area contributed by atoms with Gasteiger partial charge in [-0.05, 0) is 93.3 Å². The van der Waals surface area contributed by atoms with E-state index in [1.807, 2.05) is 0 Å². The number of carbonyl (C=O) groups excluding carboxylic acids is 1. The van der Waals surface area contributed by atoms with Crippen LogP contribution < -0.4 is 5.32 Å². The van der Waals surface area contributed by atoms with Crippen LogP contribution in [0.1, 0.15) is 70.6 Å². The Morgan fingerprint density at radius 3 is 2.45 bits per heavy atom. The van der Waals surface area contributed by atoms with Crippen LogP contribution in [-0.2, 0) is 4.74 Å². The molecule has 0 aromatic rings. The van der Waals surface area contributed by atoms with Crippen molar-refractivity contribution in [3.05, 3.63) is 0 Å². The topological polar surface area (TPSA) is 61.8 Å². The van der Waals surface area contributed by atoms with Crippen molar-refractivity contribution in [1.29, 1.82) is 0 Å². The standard InChI is InChI=1S/C24H40N2O3/c27-18-10-12-26(15-18)13-11-25-24(28)29-19-6-9-21-17(14-19)5-8-22-20-3-1-2-16(20)4-7-23(21)22/h16-23,27H,1-15H2,(H,25,28)/t16?,17?,18-,19?,20?,21?,22?,23?/m0/s1. The number of alkyl carbamates (subject to hydrolysis) is 1. The zero-order valence-electron chi connectivity index (χ0n) is 17.9. The van der Waals surface area contributed by atoms with Gasteiger partial charge in [-0.25, -0.2) is 4.79 Å². The van der Waals surface area contributed by atoms with Crippen molar-refractivity contribution in [3.8, 4) is 0 Å². The third-order valence-corrected chi connectivity index (χ3v) is 9.32. The van der Waals surface area contributed by atoms with E-state index in [0.717, 1.165) is 74.4 Å². The van der Waals surface area contributed by atoms with Gasteiger partial charge in [0.2, 0.25) is 0 Å². The number of rotatable bonds is 4. The number of hydrogen-bond acceptors (Lipinski definition) is 4. The lowest BCUT2D eigenvalue weighted by atomic mass is 9.53. The Hall–Kier alpha value is -0.810. The third kappa shape index (κ3) is 4.32. The summed E-state index contributed by atoms with van der Waals surface area (Å²) < 4.78 is 5.81. The monoisotopic (exact) mass is 404 g/mol. The van der Waals surface area contributed by atoms with Crippen molar-refractivity contribution < 1.29 is 14.6 Å². The minimum atomic E-state index is -0.242. The molecule has 1 saturated heterocycles. The van der Waals surface area contributed by atoms with Gasteiger partial charge in [-0.1, -0.05) is 12.8 Å². The number of carbonyl (C=O) groups is 1. The summed E-state index contributed by atoms with van der Waals surface area (Å²) in [6, 6.07) is 0. The Morgan fingerprint density at radius 1 is 0.897 bits per heavy atom. The number of amides is 1. The lowest BCUT2D eigenvalue weighted by molar-refractivity contribution is -0.0487. The van der Waals surface area contributed by atoms with E-state index >= 15 is 0 Å². The summed E-state index contributed by atoms with van der Waals surface area (Å²) in [6.45, 7) is 3.06. The maximum absolute atomic E-state index is 12.3. The largest absolute Gasteiger partial charge is 0.446 e. The second-order valence-electron chi connectivity index (χ2n) is 10.8. The number of nitrogens with one attached hydrogen (secondary N) is 1. The summed E-state index contributed by atoms with van der Waals surface area (Å²) in [6.07, 6.45) is 14.2. The average Bonchev–Trinajstić information content (AvgIpc) is 3.36. The number of aliphatic hydroxyl groups is 1. The zero-order chi connectivity index (χ0) is 19.8. The van der Waals surface area contributed by atoms with E-state index in [-0.39, 0.29) is 18.3 Å². The maximum atomic E-state index is 12.3. The van der Waals surface area contributed by atoms with E-state index in [1.165, 1.54) is 51.4 Å². The lowest BCUT2D eigenvalue weighted by Gasteiger charge is -2.52. The highest BCUT2D eigenvalue weighted by Gasteiger charge is 2.49. The molecular formula is C24H40N2O3. The number of likely N-dealkylation sites (tertiary alicyclic amines) is 1. The van der Waals surface area contributed by atoms with Crippen LogP contribution in [0.4, 0.5) is 4.79 Å². The normalized spacial score (nSPS) is 44.6. The third-order valence-electron chi connectivity index (χ3n) is 9.32. The molecule has 5 nitrogen and oxygen atoms in total. The fraction of sp³-hybridized carbons (Fsp3) is 0.958. The van der Waals surface area contributed by atoms with Crippen molar-refractivity contribution in [2.24, 2.45) is 35.5 Å². The number of aliphatic hydroxyl groups excluding tert-OH is 1. The molecule has 1 amide bonds. The Kier molecular flexibility index (Phi) is 6.06. The van der Waals surface area contributed by atoms with Crippen molar-refractivity contribution in [3.63, 3.8) is 0 Å². The quantitative estimate of drug-likeness (QED) is 0.748. The van der Waals surface area contributed by atoms with Crippen molar-refractivity contribution >= 4 is 6.09 Å². The van der Waals surface area contributed by atoms with Gasteiger partial charge in [0.15, 0.2) is 0 Å². The van der Waals surface area contributed by atoms with Crippen LogP contribution in [0, 0.1) is 35.5 Å². The van der Waals surface area contributed by atoms with E-state index in [4.69, 9.17) is 4.74 Å². The summed E-state index contributed by atoms with van der Waals surface area (Å²) in [5, 5.41) is 12.5. The minimum Gasteiger partial charge on any atom is -0.446 e. The van der Waals surface area contributed by atoms with Crippen molar-refractivity contribution in [2.45, 2.75) is 82.8 Å². The predicted molar refractivity (Wildman–Crippen MR) is 112 cm³/mol. The Bertz CT molecular complexity index is 584. The molecule has 5 aliphatic rings. The highest BCUT2D eigenvalue weighted by Crippen LogP contribution is 2.57. The lowest BCUT2D eigenvalue weighted by Crippen LogP contribution is -2.46. The first-order valence-electron chi connectivity index (χ1n) is 12.5. The van der Waals surface area contributed by atoms with E-state index in [2.05, 4.69) is 10.2 Å². The van der Waals surface area contributed by atoms with Crippen LogP contribution in [-0.4, -0.2) is 54.5 Å². The fourth-order valence-electron chi connectivity index (χ4n) is 8.06. The molecule has 5 heteroatoms. The predicted octanol–water partition coefficient (Wildman–Crippen LogP) is 3.80. The first kappa shape index (κ1) is 20.1. The van der Waals surface area contributed by atoms with Crippen molar-refractivity contribution in [2.75, 3.05) is 26.2 Å². The molecule has 29 heavy (non-hydrogen) atoms. The summed E-state index contributed by atoms with van der Waals surface area (Å²) in [4.78, 5) is 14.5. The number of hydrogen-bond donors (Lipinski definition) is 2. The maximum Gasteiger partial charge on any atom is 0.407 e. The van der Waals surface area contributed by atoms with Gasteiger partial charge >= 0.3 is 6.09 Å². The summed E-state index contributed by atoms with van der Waals surface area (Å²) >= 11 is 0. The first-order chi connectivity index (χ1) is 14.2. The molecule has 2 N–H and O–H groups in total. The van der Waals surface area contributed by atoms with E-state index in [0.29, 0.717) is 6.54 Å². The second kappa shape index (κ2) is 8.74. The fourth-order valence-corrected chi connectivity index (χ4v) is 8.06. The zero-order valence-corrected chi connectivity index (χ0v) is 17.9. The molecule has 0 spiro atoms. The van der Waals surface area contributed by atoms with Crippen molar-refractivity contribution in [1.82, 2.24) is 10.2 Å². The van der Waals surface area contributed by atoms with Gasteiger partial charge in [-0.2, -0.15) is 0 Å². The van der Waals surface area contributed by atoms with E-state index in [1.54, 1.807) is 0 Å². The molecule has 5 fully saturated rings. The number of β-amino-alcohol motifs (C(OH)–C–C–N with tert-alkyl or cyclic N) is 1. The van der Waals surface area contributed by atoms with Crippen LogP contribution in [0.3, 0.4) is 0 Å². The molecule has 7 unspecified atom stereocenters. The van der Waals surface area contributed by atoms with Crippen LogP contribution in [0.15, 0.2) is 0 Å². The smallest absolute Gasteiger partial charge is 0.407 e. The van der Waals surface area contributed by atoms with Crippen LogP contribution in [0.25, 0.3) is 0 Å². The van der Waals surface area contributed by atoms with Gasteiger partial charge in [0.25, 0.3) is 0 Å². The van der Waals surface area contributed by atoms with E-state index in [9.17, 15) is 9.90 Å². The summed E-state index contributed by atoms with van der Waals surface area (Å²) in [5.41, 5.74) is 0. The molecule has 1 heterocycles. The van der Waals surface area contributed by atoms with Gasteiger partial charge in [0.05, 0.1) is 6.10 Å². The molecule has 1 aliphatic heterocycles. The molecule has 164 valence electrons. The highest BCUT2D eigenvalue weighted by molar-refractivity contribution is 5.67. The van der Waals surface area contributed by atoms with E-state index < -0.39 is 0 Å². The summed E-state index contributed by atoms with van der Waals surface area (Å²) in [7, 11) is 0. The molecule has 5 rings (SSSR count). The molecular weight excluding hydrogens is 364 g/mol. The molecule has 0 aromatic carbocycles. The second-order valence-corrected chi connectivity index (χ2v) is 10.8. The first-order valence-corrected chi connectivity index (χ1v) is 12.5. The van der Waals surface area contributed by atoms with Gasteiger partial charge in [-0.15, -0.1) is 0 Å². The van der Waals surface area contributed by atoms with Gasteiger partial charge < -0.3 is 15.2 Å². The minimum absolute atomic E-state index is 0.115. The Labute approximate surface area is 175 Å². The van der Waals surface area contributed by atoms with Gasteiger partial charge in [0.1, 0.15) is 6.10 Å². The SMILES string of the molecule is O=C(NCCN1CC[C@H](O)C1)OC1CCC2C(CCC3C4CCCC4CCC23)C1. The average molecular weight is 405 g/mol. The van der Waals surface area contributed by atoms with Crippen LogP contribution >= 0.6 is 0 Å². The molecule has 8 atom stereocenters. The van der Waals surface area contributed by atoms with Gasteiger partial charge in [-0.3, -0.25) is 4.90 Å². The van der Waals surface area contributed by atoms with Crippen LogP contribution in [0.2, 0.25) is 0 Å². The molecule has 0 radical (unpaired) electrons. The molecule has 0 bridgehead atoms. The number of nitrogens with zero attached hydrogens (tertiary/aromatic N) is 1. The highest BCUT2D eigenvalue weighted by atomic mass is 16.6. The number of ether oxygens (including phenoxy) is 1. The molecule has 0 aromatic heterocycles. The summed E-state index contributed by atoms with van der Waals surface area (Å²) in [5.74, 6) is 5.78. The van der Waals surface area contributed by atoms with Crippen LogP contribution in [0.5, 0.6) is 0 Å². The van der Waals surface area contributed by atoms with Gasteiger partial charge in [0, 0.05) is 26.2 Å². The number of fused-ring (bicyclic) bond motifs is 5. The molecule has 4 aliphatic carbocycles. The molecule has 4 saturated carbocycles. The Morgan fingerprint density at radius 2 is 1.66 bits per heavy atom. The Balaban J connectivity index is 1.06.